The number of aromatic nitrogens is 1. The van der Waals surface area contributed by atoms with Gasteiger partial charge in [0, 0.05) is 18.1 Å². The van der Waals surface area contributed by atoms with Gasteiger partial charge in [0.15, 0.2) is 0 Å². The van der Waals surface area contributed by atoms with Gasteiger partial charge >= 0.3 is 6.18 Å². The van der Waals surface area contributed by atoms with Crippen LogP contribution in [0.5, 0.6) is 0 Å². The Balaban J connectivity index is 1.69. The smallest absolute Gasteiger partial charge is 0.361 e. The first-order valence-electron chi connectivity index (χ1n) is 8.25. The average Bonchev–Trinajstić information content (AvgIpc) is 3.10. The Morgan fingerprint density at radius 1 is 1.07 bits per heavy atom. The second kappa shape index (κ2) is 7.76. The maximum atomic E-state index is 13.1. The number of aryl methyl sites for hydroxylation is 1. The van der Waals surface area contributed by atoms with Gasteiger partial charge in [-0.2, -0.15) is 21.6 Å². The molecule has 5 nitrogen and oxygen atoms in total. The van der Waals surface area contributed by atoms with Crippen molar-refractivity contribution in [2.45, 2.75) is 24.4 Å². The lowest BCUT2D eigenvalue weighted by Crippen LogP contribution is -2.09. The molecular formula is C19H16F3NO4S. The highest BCUT2D eigenvalue weighted by molar-refractivity contribution is 7.86. The fourth-order valence-corrected chi connectivity index (χ4v) is 3.44. The van der Waals surface area contributed by atoms with Crippen LogP contribution in [0.1, 0.15) is 16.9 Å². The minimum atomic E-state index is -4.53. The van der Waals surface area contributed by atoms with Crippen LogP contribution >= 0.6 is 0 Å². The van der Waals surface area contributed by atoms with Gasteiger partial charge in [-0.1, -0.05) is 41.1 Å². The zero-order valence-electron chi connectivity index (χ0n) is 14.7. The Kier molecular flexibility index (Phi) is 5.57. The molecule has 0 saturated carbocycles. The molecule has 0 aliphatic heterocycles. The van der Waals surface area contributed by atoms with Gasteiger partial charge in [0.1, 0.15) is 11.5 Å². The molecule has 9 heteroatoms. The first-order chi connectivity index (χ1) is 13.2. The molecule has 0 fully saturated rings. The van der Waals surface area contributed by atoms with Crippen LogP contribution in [0.4, 0.5) is 13.2 Å². The molecule has 0 saturated heterocycles. The summed E-state index contributed by atoms with van der Waals surface area (Å²) in [5.74, 6) is 0.214. The molecule has 2 aromatic carbocycles. The minimum Gasteiger partial charge on any atom is -0.361 e. The number of benzene rings is 2. The van der Waals surface area contributed by atoms with Crippen molar-refractivity contribution >= 4 is 10.1 Å². The van der Waals surface area contributed by atoms with Crippen molar-refractivity contribution in [2.75, 3.05) is 6.61 Å². The molecule has 1 heterocycles. The number of nitrogens with zero attached hydrogens (tertiary/aromatic N) is 1. The van der Waals surface area contributed by atoms with Crippen LogP contribution in [0.25, 0.3) is 11.3 Å². The molecule has 148 valence electrons. The fourth-order valence-electron chi connectivity index (χ4n) is 2.54. The normalized spacial score (nSPS) is 12.3. The largest absolute Gasteiger partial charge is 0.417 e. The molecule has 0 atom stereocenters. The van der Waals surface area contributed by atoms with E-state index in [1.54, 1.807) is 12.1 Å². The number of alkyl halides is 3. The summed E-state index contributed by atoms with van der Waals surface area (Å²) in [5.41, 5.74) is -0.0113. The summed E-state index contributed by atoms with van der Waals surface area (Å²) in [6.45, 7) is 1.60. The topological polar surface area (TPSA) is 69.4 Å². The zero-order chi connectivity index (χ0) is 20.4. The van der Waals surface area contributed by atoms with E-state index in [2.05, 4.69) is 5.16 Å². The maximum absolute atomic E-state index is 13.1. The van der Waals surface area contributed by atoms with Crippen molar-refractivity contribution < 1.29 is 30.3 Å². The minimum absolute atomic E-state index is 0.0179. The predicted molar refractivity (Wildman–Crippen MR) is 95.0 cm³/mol. The first-order valence-corrected chi connectivity index (χ1v) is 9.66. The van der Waals surface area contributed by atoms with Gasteiger partial charge in [-0.3, -0.25) is 4.18 Å². The SMILES string of the molecule is Cc1ccc(S(=O)(=O)OCCc2cc(-c3ccccc3C(F)(F)F)no2)cc1. The van der Waals surface area contributed by atoms with E-state index in [1.807, 2.05) is 6.92 Å². The molecule has 0 N–H and O–H groups in total. The van der Waals surface area contributed by atoms with E-state index >= 15 is 0 Å². The highest BCUT2D eigenvalue weighted by Crippen LogP contribution is 2.36. The number of halogens is 3. The van der Waals surface area contributed by atoms with Crippen LogP contribution in [0.2, 0.25) is 0 Å². The van der Waals surface area contributed by atoms with Gasteiger partial charge in [-0.05, 0) is 25.1 Å². The molecule has 1 aromatic heterocycles. The fraction of sp³-hybridized carbons (Fsp3) is 0.211. The Morgan fingerprint density at radius 3 is 2.43 bits per heavy atom. The molecule has 0 bridgehead atoms. The summed E-state index contributed by atoms with van der Waals surface area (Å²) in [6, 6.07) is 12.5. The van der Waals surface area contributed by atoms with E-state index in [-0.39, 0.29) is 34.9 Å². The lowest BCUT2D eigenvalue weighted by Gasteiger charge is -2.10. The summed E-state index contributed by atoms with van der Waals surface area (Å²) in [7, 11) is -3.93. The van der Waals surface area contributed by atoms with E-state index in [0.29, 0.717) is 0 Å². The van der Waals surface area contributed by atoms with Crippen LogP contribution in [0, 0.1) is 6.92 Å². The van der Waals surface area contributed by atoms with Crippen LogP contribution in [-0.4, -0.2) is 20.2 Å². The summed E-state index contributed by atoms with van der Waals surface area (Å²) >= 11 is 0. The number of rotatable bonds is 6. The van der Waals surface area contributed by atoms with Crippen LogP contribution in [0.15, 0.2) is 64.0 Å². The highest BCUT2D eigenvalue weighted by Gasteiger charge is 2.34. The molecule has 3 rings (SSSR count). The van der Waals surface area contributed by atoms with Crippen molar-refractivity contribution in [1.82, 2.24) is 5.16 Å². The van der Waals surface area contributed by atoms with E-state index in [0.717, 1.165) is 11.6 Å². The summed E-state index contributed by atoms with van der Waals surface area (Å²) < 4.78 is 73.6. The third kappa shape index (κ3) is 4.60. The van der Waals surface area contributed by atoms with Gasteiger partial charge in [-0.15, -0.1) is 0 Å². The zero-order valence-corrected chi connectivity index (χ0v) is 15.5. The monoisotopic (exact) mass is 411 g/mol. The number of hydrogen-bond acceptors (Lipinski definition) is 5. The third-order valence-electron chi connectivity index (χ3n) is 3.96. The lowest BCUT2D eigenvalue weighted by atomic mass is 10.0. The van der Waals surface area contributed by atoms with Gasteiger partial charge in [0.2, 0.25) is 0 Å². The van der Waals surface area contributed by atoms with Gasteiger partial charge < -0.3 is 4.52 Å². The summed E-state index contributed by atoms with van der Waals surface area (Å²) in [6.07, 6.45) is -4.49. The maximum Gasteiger partial charge on any atom is 0.417 e. The van der Waals surface area contributed by atoms with Crippen molar-refractivity contribution in [1.29, 1.82) is 0 Å². The molecule has 0 spiro atoms. The van der Waals surface area contributed by atoms with Gasteiger partial charge in [0.05, 0.1) is 17.1 Å². The molecule has 0 aliphatic rings. The molecule has 0 unspecified atom stereocenters. The Morgan fingerprint density at radius 2 is 1.75 bits per heavy atom. The van der Waals surface area contributed by atoms with E-state index in [4.69, 9.17) is 8.71 Å². The second-order valence-electron chi connectivity index (χ2n) is 6.06. The lowest BCUT2D eigenvalue weighted by molar-refractivity contribution is -0.137. The quantitative estimate of drug-likeness (QED) is 0.554. The Hall–Kier alpha value is -2.65. The van der Waals surface area contributed by atoms with Crippen molar-refractivity contribution in [2.24, 2.45) is 0 Å². The highest BCUT2D eigenvalue weighted by atomic mass is 32.2. The Bertz CT molecular complexity index is 1060. The van der Waals surface area contributed by atoms with Crippen LogP contribution in [0.3, 0.4) is 0 Å². The van der Waals surface area contributed by atoms with E-state index in [1.165, 1.54) is 36.4 Å². The third-order valence-corrected chi connectivity index (χ3v) is 5.29. The molecule has 0 aliphatic carbocycles. The number of hydrogen-bond donors (Lipinski definition) is 0. The van der Waals surface area contributed by atoms with Gasteiger partial charge in [-0.25, -0.2) is 0 Å². The molecule has 0 amide bonds. The van der Waals surface area contributed by atoms with Crippen LogP contribution in [-0.2, 0) is 26.9 Å². The molecular weight excluding hydrogens is 395 g/mol. The van der Waals surface area contributed by atoms with Gasteiger partial charge in [0.25, 0.3) is 10.1 Å². The molecule has 0 radical (unpaired) electrons. The van der Waals surface area contributed by atoms with Crippen molar-refractivity contribution in [3.05, 3.63) is 71.5 Å². The van der Waals surface area contributed by atoms with E-state index < -0.39 is 21.9 Å². The van der Waals surface area contributed by atoms with Crippen molar-refractivity contribution in [3.8, 4) is 11.3 Å². The van der Waals surface area contributed by atoms with Crippen molar-refractivity contribution in [3.63, 3.8) is 0 Å². The Labute approximate surface area is 159 Å². The summed E-state index contributed by atoms with van der Waals surface area (Å²) in [4.78, 5) is 0.0236. The first kappa shape index (κ1) is 20.1. The van der Waals surface area contributed by atoms with Crippen LogP contribution < -0.4 is 0 Å². The average molecular weight is 411 g/mol. The predicted octanol–water partition coefficient (Wildman–Crippen LogP) is 4.62. The summed E-state index contributed by atoms with van der Waals surface area (Å²) in [5, 5.41) is 3.66. The molecule has 3 aromatic rings. The standard InChI is InChI=1S/C19H16F3NO4S/c1-13-6-8-15(9-7-13)28(24,25)26-11-10-14-12-18(23-27-14)16-4-2-3-5-17(16)19(20,21)22/h2-9,12H,10-11H2,1H3. The molecule has 28 heavy (non-hydrogen) atoms. The van der Waals surface area contributed by atoms with E-state index in [9.17, 15) is 21.6 Å². The second-order valence-corrected chi connectivity index (χ2v) is 7.68.